The van der Waals surface area contributed by atoms with Crippen LogP contribution in [-0.2, 0) is 4.79 Å². The van der Waals surface area contributed by atoms with Crippen molar-refractivity contribution in [1.29, 1.82) is 5.26 Å². The molecule has 18 heavy (non-hydrogen) atoms. The molecule has 1 amide bonds. The number of piperazine rings is 1. The largest absolute Gasteiger partial charge is 0.353 e. The normalized spacial score (nSPS) is 15.4. The monoisotopic (exact) mass is 244 g/mol. The molecule has 0 radical (unpaired) electrons. The number of pyridine rings is 1. The summed E-state index contributed by atoms with van der Waals surface area (Å²) in [4.78, 5) is 19.6. The standard InChI is InChI=1S/C13H16N4O/c1-10-7-12(9-14)8-13(15-10)17-5-3-16(4-6-17)11(2)18/h7-8H,3-6H2,1-2H3. The first-order valence-corrected chi connectivity index (χ1v) is 5.99. The van der Waals surface area contributed by atoms with Gasteiger partial charge in [-0.05, 0) is 19.1 Å². The number of nitrogens with zero attached hydrogens (tertiary/aromatic N) is 4. The zero-order chi connectivity index (χ0) is 13.1. The van der Waals surface area contributed by atoms with Crippen molar-refractivity contribution in [1.82, 2.24) is 9.88 Å². The van der Waals surface area contributed by atoms with Crippen LogP contribution in [0, 0.1) is 18.3 Å². The highest BCUT2D eigenvalue weighted by Crippen LogP contribution is 2.16. The van der Waals surface area contributed by atoms with Gasteiger partial charge in [0.2, 0.25) is 5.91 Å². The van der Waals surface area contributed by atoms with Gasteiger partial charge in [-0.1, -0.05) is 0 Å². The van der Waals surface area contributed by atoms with Gasteiger partial charge in [-0.2, -0.15) is 5.26 Å². The van der Waals surface area contributed by atoms with Gasteiger partial charge in [0, 0.05) is 38.8 Å². The summed E-state index contributed by atoms with van der Waals surface area (Å²) in [7, 11) is 0. The van der Waals surface area contributed by atoms with Gasteiger partial charge >= 0.3 is 0 Å². The molecular formula is C13H16N4O. The van der Waals surface area contributed by atoms with Crippen LogP contribution >= 0.6 is 0 Å². The van der Waals surface area contributed by atoms with E-state index >= 15 is 0 Å². The summed E-state index contributed by atoms with van der Waals surface area (Å²) < 4.78 is 0. The maximum absolute atomic E-state index is 11.2. The van der Waals surface area contributed by atoms with Crippen LogP contribution < -0.4 is 4.90 Å². The number of anilines is 1. The van der Waals surface area contributed by atoms with Crippen molar-refractivity contribution in [3.05, 3.63) is 23.4 Å². The molecule has 2 rings (SSSR count). The molecule has 1 aromatic heterocycles. The van der Waals surface area contributed by atoms with Crippen LogP contribution in [0.25, 0.3) is 0 Å². The van der Waals surface area contributed by atoms with Gasteiger partial charge in [0.15, 0.2) is 0 Å². The number of carbonyl (C=O) groups excluding carboxylic acids is 1. The van der Waals surface area contributed by atoms with E-state index in [0.29, 0.717) is 18.7 Å². The molecule has 0 aliphatic carbocycles. The molecule has 1 fully saturated rings. The summed E-state index contributed by atoms with van der Waals surface area (Å²) in [6, 6.07) is 5.72. The van der Waals surface area contributed by atoms with Crippen molar-refractivity contribution in [3.8, 4) is 6.07 Å². The maximum Gasteiger partial charge on any atom is 0.219 e. The Morgan fingerprint density at radius 1 is 1.33 bits per heavy atom. The molecule has 2 heterocycles. The number of hydrogen-bond acceptors (Lipinski definition) is 4. The minimum Gasteiger partial charge on any atom is -0.353 e. The van der Waals surface area contributed by atoms with E-state index in [1.54, 1.807) is 19.1 Å². The van der Waals surface area contributed by atoms with Crippen LogP contribution in [-0.4, -0.2) is 42.0 Å². The Hall–Kier alpha value is -2.09. The fourth-order valence-corrected chi connectivity index (χ4v) is 2.13. The van der Waals surface area contributed by atoms with E-state index < -0.39 is 0 Å². The lowest BCUT2D eigenvalue weighted by Gasteiger charge is -2.35. The van der Waals surface area contributed by atoms with Crippen molar-refractivity contribution < 1.29 is 4.79 Å². The first kappa shape index (κ1) is 12.4. The molecule has 1 aliphatic rings. The molecule has 5 heteroatoms. The van der Waals surface area contributed by atoms with Crippen LogP contribution in [0.5, 0.6) is 0 Å². The first-order valence-electron chi connectivity index (χ1n) is 5.99. The third-order valence-corrected chi connectivity index (χ3v) is 3.12. The Morgan fingerprint density at radius 3 is 2.56 bits per heavy atom. The van der Waals surface area contributed by atoms with Crippen LogP contribution in [0.4, 0.5) is 5.82 Å². The number of aromatic nitrogens is 1. The van der Waals surface area contributed by atoms with Gasteiger partial charge in [-0.15, -0.1) is 0 Å². The average Bonchev–Trinajstić information content (AvgIpc) is 2.38. The van der Waals surface area contributed by atoms with Crippen molar-refractivity contribution in [2.75, 3.05) is 31.1 Å². The van der Waals surface area contributed by atoms with Gasteiger partial charge in [0.1, 0.15) is 5.82 Å². The molecule has 1 aromatic rings. The maximum atomic E-state index is 11.2. The smallest absolute Gasteiger partial charge is 0.219 e. The zero-order valence-corrected chi connectivity index (χ0v) is 10.7. The highest BCUT2D eigenvalue weighted by atomic mass is 16.2. The Balaban J connectivity index is 2.12. The molecule has 0 aromatic carbocycles. The third-order valence-electron chi connectivity index (χ3n) is 3.12. The SMILES string of the molecule is CC(=O)N1CCN(c2cc(C#N)cc(C)n2)CC1. The highest BCUT2D eigenvalue weighted by Gasteiger charge is 2.19. The van der Waals surface area contributed by atoms with E-state index in [0.717, 1.165) is 24.6 Å². The fraction of sp³-hybridized carbons (Fsp3) is 0.462. The molecule has 0 atom stereocenters. The molecular weight excluding hydrogens is 228 g/mol. The van der Waals surface area contributed by atoms with Crippen LogP contribution in [0.2, 0.25) is 0 Å². The highest BCUT2D eigenvalue weighted by molar-refractivity contribution is 5.73. The van der Waals surface area contributed by atoms with E-state index in [2.05, 4.69) is 16.0 Å². The number of rotatable bonds is 1. The second kappa shape index (κ2) is 5.05. The number of aryl methyl sites for hydroxylation is 1. The van der Waals surface area contributed by atoms with Crippen molar-refractivity contribution in [3.63, 3.8) is 0 Å². The van der Waals surface area contributed by atoms with Gasteiger partial charge < -0.3 is 9.80 Å². The number of hydrogen-bond donors (Lipinski definition) is 0. The molecule has 1 aliphatic heterocycles. The minimum atomic E-state index is 0.115. The lowest BCUT2D eigenvalue weighted by molar-refractivity contribution is -0.129. The first-order chi connectivity index (χ1) is 8.60. The van der Waals surface area contributed by atoms with E-state index in [-0.39, 0.29) is 5.91 Å². The summed E-state index contributed by atoms with van der Waals surface area (Å²) in [5, 5.41) is 8.95. The predicted molar refractivity (Wildman–Crippen MR) is 68.2 cm³/mol. The number of amides is 1. The predicted octanol–water partition coefficient (Wildman–Crippen LogP) is 0.930. The van der Waals surface area contributed by atoms with Crippen LogP contribution in [0.3, 0.4) is 0 Å². The Bertz CT molecular complexity index is 498. The number of nitriles is 1. The summed E-state index contributed by atoms with van der Waals surface area (Å²) in [5.41, 5.74) is 1.48. The molecule has 0 bridgehead atoms. The fourth-order valence-electron chi connectivity index (χ4n) is 2.13. The van der Waals surface area contributed by atoms with Crippen LogP contribution in [0.1, 0.15) is 18.2 Å². The molecule has 1 saturated heterocycles. The number of carbonyl (C=O) groups is 1. The van der Waals surface area contributed by atoms with E-state index in [4.69, 9.17) is 5.26 Å². The summed E-state index contributed by atoms with van der Waals surface area (Å²) in [6.07, 6.45) is 0. The molecule has 0 unspecified atom stereocenters. The van der Waals surface area contributed by atoms with Gasteiger partial charge in [0.25, 0.3) is 0 Å². The quantitative estimate of drug-likeness (QED) is 0.737. The second-order valence-corrected chi connectivity index (χ2v) is 4.46. The average molecular weight is 244 g/mol. The Labute approximate surface area is 107 Å². The summed E-state index contributed by atoms with van der Waals surface area (Å²) in [5.74, 6) is 0.944. The van der Waals surface area contributed by atoms with Gasteiger partial charge in [0.05, 0.1) is 11.6 Å². The lowest BCUT2D eigenvalue weighted by Crippen LogP contribution is -2.48. The minimum absolute atomic E-state index is 0.115. The zero-order valence-electron chi connectivity index (χ0n) is 10.7. The second-order valence-electron chi connectivity index (χ2n) is 4.46. The molecule has 5 nitrogen and oxygen atoms in total. The van der Waals surface area contributed by atoms with E-state index in [1.807, 2.05) is 11.8 Å². The van der Waals surface area contributed by atoms with Gasteiger partial charge in [-0.25, -0.2) is 4.98 Å². The lowest BCUT2D eigenvalue weighted by atomic mass is 10.2. The molecule has 0 N–H and O–H groups in total. The summed E-state index contributed by atoms with van der Waals surface area (Å²) >= 11 is 0. The summed E-state index contributed by atoms with van der Waals surface area (Å²) in [6.45, 7) is 6.44. The van der Waals surface area contributed by atoms with Crippen molar-refractivity contribution in [2.24, 2.45) is 0 Å². The van der Waals surface area contributed by atoms with E-state index in [1.165, 1.54) is 0 Å². The van der Waals surface area contributed by atoms with Crippen molar-refractivity contribution in [2.45, 2.75) is 13.8 Å². The van der Waals surface area contributed by atoms with Crippen molar-refractivity contribution >= 4 is 11.7 Å². The van der Waals surface area contributed by atoms with Gasteiger partial charge in [-0.3, -0.25) is 4.79 Å². The molecule has 94 valence electrons. The third kappa shape index (κ3) is 2.59. The Morgan fingerprint density at radius 2 is 2.00 bits per heavy atom. The molecule has 0 spiro atoms. The van der Waals surface area contributed by atoms with E-state index in [9.17, 15) is 4.79 Å². The molecule has 0 saturated carbocycles. The van der Waals surface area contributed by atoms with Crippen LogP contribution in [0.15, 0.2) is 12.1 Å². The topological polar surface area (TPSA) is 60.2 Å². The Kier molecular flexibility index (Phi) is 3.47.